The monoisotopic (exact) mass is 245 g/mol. The van der Waals surface area contributed by atoms with Gasteiger partial charge < -0.3 is 10.6 Å². The van der Waals surface area contributed by atoms with E-state index in [9.17, 15) is 4.79 Å². The summed E-state index contributed by atoms with van der Waals surface area (Å²) in [6.45, 7) is 6.57. The Labute approximate surface area is 108 Å². The Morgan fingerprint density at radius 1 is 1.56 bits per heavy atom. The Hall–Kier alpha value is -2.02. The highest BCUT2D eigenvalue weighted by Gasteiger charge is 2.20. The van der Waals surface area contributed by atoms with E-state index in [0.717, 1.165) is 5.56 Å². The predicted octanol–water partition coefficient (Wildman–Crippen LogP) is 2.20. The van der Waals surface area contributed by atoms with Crippen molar-refractivity contribution in [2.45, 2.75) is 20.8 Å². The van der Waals surface area contributed by atoms with Gasteiger partial charge in [0.25, 0.3) is 5.91 Å². The maximum Gasteiger partial charge on any atom is 0.256 e. The first-order chi connectivity index (χ1) is 8.51. The lowest BCUT2D eigenvalue weighted by atomic mass is 10.0. The van der Waals surface area contributed by atoms with E-state index in [1.807, 2.05) is 26.0 Å². The van der Waals surface area contributed by atoms with Crippen molar-refractivity contribution < 1.29 is 4.79 Å². The van der Waals surface area contributed by atoms with Crippen molar-refractivity contribution in [2.24, 2.45) is 5.92 Å². The smallest absolute Gasteiger partial charge is 0.256 e. The summed E-state index contributed by atoms with van der Waals surface area (Å²) >= 11 is 0. The van der Waals surface area contributed by atoms with Crippen LogP contribution in [-0.4, -0.2) is 23.9 Å². The highest BCUT2D eigenvalue weighted by atomic mass is 16.2. The minimum Gasteiger partial charge on any atom is -0.398 e. The number of rotatable bonds is 4. The molecule has 1 atom stereocenters. The van der Waals surface area contributed by atoms with Gasteiger partial charge in [-0.25, -0.2) is 0 Å². The lowest BCUT2D eigenvalue weighted by Gasteiger charge is -2.23. The summed E-state index contributed by atoms with van der Waals surface area (Å²) < 4.78 is 0. The van der Waals surface area contributed by atoms with E-state index in [0.29, 0.717) is 24.3 Å². The van der Waals surface area contributed by atoms with Crippen molar-refractivity contribution >= 4 is 11.6 Å². The summed E-state index contributed by atoms with van der Waals surface area (Å²) in [6.07, 6.45) is 0. The molecule has 1 aromatic carbocycles. The number of anilines is 1. The second-order valence-electron chi connectivity index (χ2n) is 4.41. The second-order valence-corrected chi connectivity index (χ2v) is 4.41. The van der Waals surface area contributed by atoms with Crippen molar-refractivity contribution in [3.63, 3.8) is 0 Å². The highest BCUT2D eigenvalue weighted by Crippen LogP contribution is 2.19. The van der Waals surface area contributed by atoms with Gasteiger partial charge >= 0.3 is 0 Å². The van der Waals surface area contributed by atoms with Gasteiger partial charge in [-0.2, -0.15) is 5.26 Å². The second kappa shape index (κ2) is 6.06. The molecule has 0 aliphatic rings. The van der Waals surface area contributed by atoms with Gasteiger partial charge in [0.1, 0.15) is 0 Å². The minimum atomic E-state index is -0.181. The van der Waals surface area contributed by atoms with E-state index >= 15 is 0 Å². The number of nitrogen functional groups attached to an aromatic ring is 1. The number of hydrogen-bond acceptors (Lipinski definition) is 3. The van der Waals surface area contributed by atoms with Crippen LogP contribution in [0.3, 0.4) is 0 Å². The van der Waals surface area contributed by atoms with E-state index in [1.54, 1.807) is 17.9 Å². The van der Waals surface area contributed by atoms with E-state index in [1.165, 1.54) is 0 Å². The molecule has 18 heavy (non-hydrogen) atoms. The van der Waals surface area contributed by atoms with Crippen molar-refractivity contribution in [1.29, 1.82) is 5.26 Å². The van der Waals surface area contributed by atoms with Gasteiger partial charge in [-0.15, -0.1) is 0 Å². The zero-order valence-electron chi connectivity index (χ0n) is 11.1. The highest BCUT2D eigenvalue weighted by molar-refractivity contribution is 6.00. The number of hydrogen-bond donors (Lipinski definition) is 1. The Kier molecular flexibility index (Phi) is 4.73. The van der Waals surface area contributed by atoms with Crippen LogP contribution >= 0.6 is 0 Å². The van der Waals surface area contributed by atoms with Crippen LogP contribution < -0.4 is 5.73 Å². The molecule has 4 nitrogen and oxygen atoms in total. The van der Waals surface area contributed by atoms with E-state index in [2.05, 4.69) is 6.07 Å². The third kappa shape index (κ3) is 3.01. The number of benzene rings is 1. The number of nitrogens with two attached hydrogens (primary N) is 1. The van der Waals surface area contributed by atoms with Crippen LogP contribution in [0.5, 0.6) is 0 Å². The molecule has 4 heteroatoms. The Bertz CT molecular complexity index is 456. The van der Waals surface area contributed by atoms with Crippen LogP contribution in [0, 0.1) is 24.2 Å². The molecule has 0 spiro atoms. The first-order valence-corrected chi connectivity index (χ1v) is 6.05. The van der Waals surface area contributed by atoms with Crippen LogP contribution in [0.15, 0.2) is 18.2 Å². The molecular formula is C14H19N3O. The third-order valence-corrected chi connectivity index (χ3v) is 2.90. The van der Waals surface area contributed by atoms with Crippen LogP contribution in [-0.2, 0) is 0 Å². The number of nitrogens with zero attached hydrogens (tertiary/aromatic N) is 2. The standard InChI is InChI=1S/C14H19N3O/c1-4-17(9-10(2)8-15)14(18)13-11(3)6-5-7-12(13)16/h5-7,10H,4,9,16H2,1-3H3. The quantitative estimate of drug-likeness (QED) is 0.827. The van der Waals surface area contributed by atoms with E-state index in [-0.39, 0.29) is 11.8 Å². The van der Waals surface area contributed by atoms with Gasteiger partial charge in [-0.1, -0.05) is 12.1 Å². The maximum atomic E-state index is 12.4. The average molecular weight is 245 g/mol. The molecule has 0 saturated heterocycles. The van der Waals surface area contributed by atoms with Gasteiger partial charge in [-0.3, -0.25) is 4.79 Å². The molecule has 1 aromatic rings. The molecule has 0 aliphatic heterocycles. The summed E-state index contributed by atoms with van der Waals surface area (Å²) in [5.74, 6) is -0.283. The number of amides is 1. The molecule has 0 heterocycles. The van der Waals surface area contributed by atoms with Gasteiger partial charge in [0, 0.05) is 18.8 Å². The largest absolute Gasteiger partial charge is 0.398 e. The topological polar surface area (TPSA) is 70.1 Å². The average Bonchev–Trinajstić information content (AvgIpc) is 2.35. The fourth-order valence-corrected chi connectivity index (χ4v) is 1.87. The predicted molar refractivity (Wildman–Crippen MR) is 71.9 cm³/mol. The molecule has 1 unspecified atom stereocenters. The summed E-state index contributed by atoms with van der Waals surface area (Å²) in [5, 5.41) is 8.83. The third-order valence-electron chi connectivity index (χ3n) is 2.90. The van der Waals surface area contributed by atoms with Gasteiger partial charge in [-0.05, 0) is 32.4 Å². The molecule has 96 valence electrons. The fraction of sp³-hybridized carbons (Fsp3) is 0.429. The Morgan fingerprint density at radius 3 is 2.72 bits per heavy atom. The lowest BCUT2D eigenvalue weighted by Crippen LogP contribution is -2.35. The Balaban J connectivity index is 3.01. The molecule has 0 fully saturated rings. The maximum absolute atomic E-state index is 12.4. The van der Waals surface area contributed by atoms with Gasteiger partial charge in [0.15, 0.2) is 0 Å². The lowest BCUT2D eigenvalue weighted by molar-refractivity contribution is 0.0753. The van der Waals surface area contributed by atoms with Gasteiger partial charge in [0.2, 0.25) is 0 Å². The van der Waals surface area contributed by atoms with Crippen LogP contribution in [0.25, 0.3) is 0 Å². The van der Waals surface area contributed by atoms with E-state index < -0.39 is 0 Å². The molecule has 0 radical (unpaired) electrons. The SMILES string of the molecule is CCN(CC(C)C#N)C(=O)c1c(C)cccc1N. The van der Waals surface area contributed by atoms with Crippen molar-refractivity contribution in [3.05, 3.63) is 29.3 Å². The van der Waals surface area contributed by atoms with Crippen molar-refractivity contribution in [2.75, 3.05) is 18.8 Å². The number of carbonyl (C=O) groups is 1. The number of nitriles is 1. The molecule has 1 amide bonds. The molecule has 2 N–H and O–H groups in total. The molecule has 0 aliphatic carbocycles. The Morgan fingerprint density at radius 2 is 2.22 bits per heavy atom. The van der Waals surface area contributed by atoms with Crippen molar-refractivity contribution in [1.82, 2.24) is 4.90 Å². The van der Waals surface area contributed by atoms with Crippen molar-refractivity contribution in [3.8, 4) is 6.07 Å². The van der Waals surface area contributed by atoms with E-state index in [4.69, 9.17) is 11.0 Å². The molecule has 0 bridgehead atoms. The summed E-state index contributed by atoms with van der Waals surface area (Å²) in [7, 11) is 0. The normalized spacial score (nSPS) is 11.7. The van der Waals surface area contributed by atoms with Gasteiger partial charge in [0.05, 0.1) is 17.6 Å². The van der Waals surface area contributed by atoms with Crippen LogP contribution in [0.4, 0.5) is 5.69 Å². The van der Waals surface area contributed by atoms with Crippen LogP contribution in [0.1, 0.15) is 29.8 Å². The molecular weight excluding hydrogens is 226 g/mol. The minimum absolute atomic E-state index is 0.102. The molecule has 1 rings (SSSR count). The summed E-state index contributed by atoms with van der Waals surface area (Å²) in [5.41, 5.74) is 7.76. The fourth-order valence-electron chi connectivity index (χ4n) is 1.87. The first kappa shape index (κ1) is 14.0. The van der Waals surface area contributed by atoms with Crippen LogP contribution in [0.2, 0.25) is 0 Å². The number of aryl methyl sites for hydroxylation is 1. The molecule has 0 saturated carbocycles. The zero-order chi connectivity index (χ0) is 13.7. The number of carbonyl (C=O) groups excluding carboxylic acids is 1. The summed E-state index contributed by atoms with van der Waals surface area (Å²) in [4.78, 5) is 14.1. The first-order valence-electron chi connectivity index (χ1n) is 6.05. The molecule has 0 aromatic heterocycles. The zero-order valence-corrected chi connectivity index (χ0v) is 11.1. The summed E-state index contributed by atoms with van der Waals surface area (Å²) in [6, 6.07) is 7.56.